The van der Waals surface area contributed by atoms with Gasteiger partial charge < -0.3 is 23.7 Å². The van der Waals surface area contributed by atoms with Gasteiger partial charge in [0.25, 0.3) is 0 Å². The standard InChI is InChI=1S/C15H22O11S3/c1-7(16)22-6-11-12(23-8(2)17)13(24-9(3)18)14(25-10(4)19)15(26-11)27-28-29(5,20)21/h11-15H,6H2,1-5H3/t11-,12-,13+,14-,15+/m1/s1. The van der Waals surface area contributed by atoms with Gasteiger partial charge in [0.1, 0.15) is 12.7 Å². The fourth-order valence-electron chi connectivity index (χ4n) is 2.38. The van der Waals surface area contributed by atoms with Gasteiger partial charge >= 0.3 is 23.9 Å². The predicted molar refractivity (Wildman–Crippen MR) is 102 cm³/mol. The van der Waals surface area contributed by atoms with Crippen molar-refractivity contribution in [1.82, 2.24) is 0 Å². The maximum Gasteiger partial charge on any atom is 0.303 e. The van der Waals surface area contributed by atoms with Crippen molar-refractivity contribution in [1.29, 1.82) is 0 Å². The van der Waals surface area contributed by atoms with E-state index in [0.717, 1.165) is 34.0 Å². The first-order valence-corrected chi connectivity index (χ1v) is 12.8. The molecule has 1 rings (SSSR count). The minimum absolute atomic E-state index is 0.377. The quantitative estimate of drug-likeness (QED) is 0.272. The van der Waals surface area contributed by atoms with E-state index in [1.165, 1.54) is 0 Å². The van der Waals surface area contributed by atoms with Crippen LogP contribution in [0.2, 0.25) is 0 Å². The second kappa shape index (κ2) is 11.0. The number of hydrogen-bond donors (Lipinski definition) is 0. The van der Waals surface area contributed by atoms with Crippen molar-refractivity contribution in [3.63, 3.8) is 0 Å². The van der Waals surface area contributed by atoms with Crippen LogP contribution in [0.1, 0.15) is 27.7 Å². The van der Waals surface area contributed by atoms with E-state index < -0.39 is 62.6 Å². The number of esters is 4. The van der Waals surface area contributed by atoms with Crippen LogP contribution in [0.25, 0.3) is 0 Å². The van der Waals surface area contributed by atoms with E-state index in [-0.39, 0.29) is 6.61 Å². The average Bonchev–Trinajstić information content (AvgIpc) is 2.53. The van der Waals surface area contributed by atoms with Gasteiger partial charge in [0.2, 0.25) is 8.87 Å². The Morgan fingerprint density at radius 1 is 0.828 bits per heavy atom. The van der Waals surface area contributed by atoms with Crippen molar-refractivity contribution in [3.05, 3.63) is 0 Å². The van der Waals surface area contributed by atoms with Crippen molar-refractivity contribution in [2.45, 2.75) is 57.5 Å². The zero-order valence-corrected chi connectivity index (χ0v) is 18.8. The molecule has 0 radical (unpaired) electrons. The summed E-state index contributed by atoms with van der Waals surface area (Å²) in [6, 6.07) is 0. The molecule has 0 aromatic carbocycles. The molecule has 0 spiro atoms. The summed E-state index contributed by atoms with van der Waals surface area (Å²) < 4.78 is 49.3. The largest absolute Gasteiger partial charge is 0.463 e. The van der Waals surface area contributed by atoms with Crippen LogP contribution in [0, 0.1) is 0 Å². The molecule has 0 amide bonds. The van der Waals surface area contributed by atoms with Gasteiger partial charge in [0, 0.05) is 43.8 Å². The van der Waals surface area contributed by atoms with Crippen LogP contribution in [-0.4, -0.2) is 75.0 Å². The Kier molecular flexibility index (Phi) is 9.71. The Bertz CT molecular complexity index is 736. The van der Waals surface area contributed by atoms with Crippen molar-refractivity contribution in [2.24, 2.45) is 0 Å². The molecule has 1 fully saturated rings. The Morgan fingerprint density at radius 3 is 1.76 bits per heavy atom. The van der Waals surface area contributed by atoms with Crippen LogP contribution in [0.5, 0.6) is 0 Å². The van der Waals surface area contributed by atoms with E-state index in [1.807, 2.05) is 0 Å². The third-order valence-corrected chi connectivity index (χ3v) is 8.58. The molecule has 14 heteroatoms. The minimum atomic E-state index is -3.51. The molecule has 0 aromatic heterocycles. The minimum Gasteiger partial charge on any atom is -0.463 e. The second-order valence-corrected chi connectivity index (χ2v) is 12.2. The van der Waals surface area contributed by atoms with Crippen molar-refractivity contribution in [2.75, 3.05) is 12.9 Å². The van der Waals surface area contributed by atoms with Gasteiger partial charge in [-0.15, -0.1) is 0 Å². The third-order valence-electron chi connectivity index (χ3n) is 3.21. The molecule has 0 unspecified atom stereocenters. The summed E-state index contributed by atoms with van der Waals surface area (Å²) in [5, 5.41) is 0. The molecule has 11 nitrogen and oxygen atoms in total. The molecule has 0 N–H and O–H groups in total. The molecule has 5 atom stereocenters. The van der Waals surface area contributed by atoms with Gasteiger partial charge in [-0.05, 0) is 10.8 Å². The lowest BCUT2D eigenvalue weighted by atomic mass is 9.99. The molecule has 1 aliphatic rings. The Morgan fingerprint density at radius 2 is 1.31 bits per heavy atom. The van der Waals surface area contributed by atoms with Crippen LogP contribution >= 0.6 is 20.6 Å². The SMILES string of the molecule is CC(=O)OC[C@H]1O[C@@H](SSS(C)(=O)=O)[C@H](OC(C)=O)[C@@H](OC(C)=O)[C@@H]1OC(C)=O. The molecule has 0 aliphatic carbocycles. The smallest absolute Gasteiger partial charge is 0.303 e. The summed E-state index contributed by atoms with van der Waals surface area (Å²) >= 11 is 0. The van der Waals surface area contributed by atoms with Crippen LogP contribution in [0.15, 0.2) is 0 Å². The molecule has 0 aromatic rings. The van der Waals surface area contributed by atoms with E-state index >= 15 is 0 Å². The summed E-state index contributed by atoms with van der Waals surface area (Å²) in [5.41, 5.74) is -1.14. The zero-order chi connectivity index (χ0) is 22.4. The topological polar surface area (TPSA) is 149 Å². The number of carbonyl (C=O) groups is 4. The monoisotopic (exact) mass is 474 g/mol. The van der Waals surface area contributed by atoms with Gasteiger partial charge in [-0.3, -0.25) is 19.2 Å². The molecular formula is C15H22O11S3. The summed E-state index contributed by atoms with van der Waals surface area (Å²) in [4.78, 5) is 46.0. The van der Waals surface area contributed by atoms with Crippen LogP contribution < -0.4 is 0 Å². The summed E-state index contributed by atoms with van der Waals surface area (Å²) in [5.74, 6) is -2.92. The maximum atomic E-state index is 11.6. The van der Waals surface area contributed by atoms with Crippen LogP contribution in [0.4, 0.5) is 0 Å². The van der Waals surface area contributed by atoms with Crippen LogP contribution in [0.3, 0.4) is 0 Å². The van der Waals surface area contributed by atoms with Crippen molar-refractivity contribution < 1.29 is 51.3 Å². The van der Waals surface area contributed by atoms with Gasteiger partial charge in [-0.1, -0.05) is 0 Å². The zero-order valence-electron chi connectivity index (χ0n) is 16.3. The van der Waals surface area contributed by atoms with Crippen molar-refractivity contribution in [3.8, 4) is 0 Å². The molecule has 29 heavy (non-hydrogen) atoms. The summed E-state index contributed by atoms with van der Waals surface area (Å²) in [6.07, 6.45) is -4.05. The number of rotatable bonds is 8. The van der Waals surface area contributed by atoms with E-state index in [1.54, 1.807) is 0 Å². The van der Waals surface area contributed by atoms with Gasteiger partial charge in [-0.25, -0.2) is 8.42 Å². The highest BCUT2D eigenvalue weighted by Crippen LogP contribution is 2.41. The first-order valence-electron chi connectivity index (χ1n) is 8.15. The highest BCUT2D eigenvalue weighted by Gasteiger charge is 2.52. The van der Waals surface area contributed by atoms with E-state index in [9.17, 15) is 27.6 Å². The number of hydrogen-bond acceptors (Lipinski definition) is 13. The molecule has 0 bridgehead atoms. The lowest BCUT2D eigenvalue weighted by Gasteiger charge is -2.43. The molecule has 0 saturated carbocycles. The molecule has 166 valence electrons. The fourth-order valence-corrected chi connectivity index (χ4v) is 6.21. The third kappa shape index (κ3) is 9.23. The summed E-state index contributed by atoms with van der Waals surface area (Å²) in [6.45, 7) is 4.08. The van der Waals surface area contributed by atoms with Gasteiger partial charge in [0.15, 0.2) is 23.7 Å². The Labute approximate surface area is 175 Å². The molecule has 1 aliphatic heterocycles. The highest BCUT2D eigenvalue weighted by molar-refractivity contribution is 9.06. The number of carbonyl (C=O) groups excluding carboxylic acids is 4. The Hall–Kier alpha value is -1.51. The molecular weight excluding hydrogens is 452 g/mol. The fraction of sp³-hybridized carbons (Fsp3) is 0.733. The highest BCUT2D eigenvalue weighted by atomic mass is 33.5. The number of ether oxygens (including phenoxy) is 5. The normalized spacial score (nSPS) is 26.9. The first-order chi connectivity index (χ1) is 13.3. The van der Waals surface area contributed by atoms with Gasteiger partial charge in [0.05, 0.1) is 0 Å². The van der Waals surface area contributed by atoms with E-state index in [4.69, 9.17) is 23.7 Å². The lowest BCUT2D eigenvalue weighted by Crippen LogP contribution is -2.61. The molecule has 1 heterocycles. The van der Waals surface area contributed by atoms with E-state index in [2.05, 4.69) is 0 Å². The van der Waals surface area contributed by atoms with Crippen molar-refractivity contribution >= 4 is 53.4 Å². The first kappa shape index (κ1) is 25.5. The Balaban J connectivity index is 3.31. The van der Waals surface area contributed by atoms with E-state index in [0.29, 0.717) is 20.6 Å². The average molecular weight is 475 g/mol. The van der Waals surface area contributed by atoms with Gasteiger partial charge in [-0.2, -0.15) is 0 Å². The second-order valence-electron chi connectivity index (χ2n) is 5.94. The summed E-state index contributed by atoms with van der Waals surface area (Å²) in [7, 11) is -2.36. The van der Waals surface area contributed by atoms with Crippen LogP contribution in [-0.2, 0) is 51.7 Å². The lowest BCUT2D eigenvalue weighted by molar-refractivity contribution is -0.237. The maximum absolute atomic E-state index is 11.6. The predicted octanol–water partition coefficient (Wildman–Crippen LogP) is 0.410. The molecule has 1 saturated heterocycles.